The van der Waals surface area contributed by atoms with E-state index >= 15 is 0 Å². The molecular formula is C9H12N4O2S2. The van der Waals surface area contributed by atoms with Gasteiger partial charge in [0, 0.05) is 17.5 Å². The molecule has 0 spiro atoms. The van der Waals surface area contributed by atoms with Crippen molar-refractivity contribution in [3.63, 3.8) is 0 Å². The quantitative estimate of drug-likeness (QED) is 0.593. The molecule has 2 rings (SSSR count). The summed E-state index contributed by atoms with van der Waals surface area (Å²) in [7, 11) is 0. The molecule has 0 aliphatic rings. The van der Waals surface area contributed by atoms with E-state index in [-0.39, 0.29) is 10.8 Å². The highest BCUT2D eigenvalue weighted by Crippen LogP contribution is 2.04. The van der Waals surface area contributed by atoms with Gasteiger partial charge in [-0.25, -0.2) is 4.79 Å². The molecule has 0 fully saturated rings. The summed E-state index contributed by atoms with van der Waals surface area (Å²) < 4.78 is 1.16. The maximum absolute atomic E-state index is 12.0. The molecular weight excluding hydrogens is 260 g/mol. The Bertz CT molecular complexity index is 630. The smallest absolute Gasteiger partial charge is 0.292 e. The largest absolute Gasteiger partial charge is 0.329 e. The average molecular weight is 272 g/mol. The second-order valence-electron chi connectivity index (χ2n) is 3.67. The molecule has 2 aromatic heterocycles. The highest BCUT2D eigenvalue weighted by Gasteiger charge is 2.10. The minimum absolute atomic E-state index is 0.0599. The van der Waals surface area contributed by atoms with Crippen molar-refractivity contribution in [2.45, 2.75) is 18.2 Å². The Kier molecular flexibility index (Phi) is 3.63. The molecule has 2 heterocycles. The van der Waals surface area contributed by atoms with Gasteiger partial charge in [-0.2, -0.15) is 30.4 Å². The number of rotatable bonds is 4. The van der Waals surface area contributed by atoms with E-state index in [2.05, 4.69) is 40.4 Å². The second kappa shape index (κ2) is 5.01. The number of hydrogen-bond donors (Lipinski definition) is 4. The maximum atomic E-state index is 12.0. The lowest BCUT2D eigenvalue weighted by molar-refractivity contribution is 0.599. The van der Waals surface area contributed by atoms with Crippen molar-refractivity contribution in [2.24, 2.45) is 0 Å². The first-order chi connectivity index (χ1) is 8.13. The fourth-order valence-corrected chi connectivity index (χ4v) is 1.83. The molecule has 1 atom stereocenters. The van der Waals surface area contributed by atoms with E-state index in [1.165, 1.54) is 6.20 Å². The molecule has 8 heteroatoms. The van der Waals surface area contributed by atoms with E-state index < -0.39 is 5.69 Å². The van der Waals surface area contributed by atoms with Gasteiger partial charge in [0.15, 0.2) is 0 Å². The summed E-state index contributed by atoms with van der Waals surface area (Å²) in [4.78, 5) is 26.2. The summed E-state index contributed by atoms with van der Waals surface area (Å²) in [6, 6.07) is 0. The molecule has 0 radical (unpaired) electrons. The third kappa shape index (κ3) is 2.42. The maximum Gasteiger partial charge on any atom is 0.329 e. The van der Waals surface area contributed by atoms with Crippen LogP contribution in [0.3, 0.4) is 0 Å². The predicted octanol–water partition coefficient (Wildman–Crippen LogP) is 0.0312. The zero-order chi connectivity index (χ0) is 12.4. The minimum Gasteiger partial charge on any atom is -0.292 e. The van der Waals surface area contributed by atoms with Crippen LogP contribution in [0.1, 0.15) is 6.42 Å². The SMILES string of the molecule is O=c1[nH]c2[nH]ncc2c(=O)n1CCC(S)CS. The number of aromatic nitrogens is 4. The van der Waals surface area contributed by atoms with Gasteiger partial charge in [0.05, 0.1) is 6.20 Å². The zero-order valence-corrected chi connectivity index (χ0v) is 10.7. The highest BCUT2D eigenvalue weighted by atomic mass is 32.1. The van der Waals surface area contributed by atoms with Crippen LogP contribution in [0.2, 0.25) is 0 Å². The van der Waals surface area contributed by atoms with Gasteiger partial charge in [0.2, 0.25) is 0 Å². The van der Waals surface area contributed by atoms with Gasteiger partial charge in [0.1, 0.15) is 11.0 Å². The third-order valence-electron chi connectivity index (χ3n) is 2.49. The molecule has 0 aliphatic heterocycles. The Balaban J connectivity index is 2.40. The van der Waals surface area contributed by atoms with Crippen molar-refractivity contribution >= 4 is 36.3 Å². The molecule has 2 aromatic rings. The molecule has 0 saturated heterocycles. The first kappa shape index (κ1) is 12.3. The number of H-pyrrole nitrogens is 2. The van der Waals surface area contributed by atoms with E-state index in [1.54, 1.807) is 0 Å². The molecule has 92 valence electrons. The highest BCUT2D eigenvalue weighted by molar-refractivity contribution is 7.84. The van der Waals surface area contributed by atoms with E-state index in [0.717, 1.165) is 4.57 Å². The molecule has 6 nitrogen and oxygen atoms in total. The van der Waals surface area contributed by atoms with Crippen molar-refractivity contribution in [3.8, 4) is 0 Å². The molecule has 0 saturated carbocycles. The molecule has 0 bridgehead atoms. The lowest BCUT2D eigenvalue weighted by atomic mass is 10.3. The van der Waals surface area contributed by atoms with E-state index in [1.807, 2.05) is 0 Å². The van der Waals surface area contributed by atoms with Gasteiger partial charge in [-0.15, -0.1) is 0 Å². The van der Waals surface area contributed by atoms with Gasteiger partial charge in [-0.1, -0.05) is 0 Å². The van der Waals surface area contributed by atoms with E-state index in [0.29, 0.717) is 29.8 Å². The number of thiol groups is 2. The van der Waals surface area contributed by atoms with E-state index in [4.69, 9.17) is 0 Å². The van der Waals surface area contributed by atoms with E-state index in [9.17, 15) is 9.59 Å². The van der Waals surface area contributed by atoms with Crippen LogP contribution in [0.15, 0.2) is 15.8 Å². The predicted molar refractivity (Wildman–Crippen MR) is 72.2 cm³/mol. The standard InChI is InChI=1S/C9H12N4O2S2/c14-8-6-3-10-12-7(6)11-9(15)13(8)2-1-5(17)4-16/h3,5,16-17H,1-2,4H2,(H2,10,11,12,15). The molecule has 0 aromatic carbocycles. The Morgan fingerprint density at radius 3 is 2.94 bits per heavy atom. The van der Waals surface area contributed by atoms with Crippen LogP contribution < -0.4 is 11.2 Å². The Labute approximate surface area is 107 Å². The van der Waals surface area contributed by atoms with Gasteiger partial charge < -0.3 is 0 Å². The first-order valence-corrected chi connectivity index (χ1v) is 6.23. The zero-order valence-electron chi connectivity index (χ0n) is 8.88. The first-order valence-electron chi connectivity index (χ1n) is 5.08. The summed E-state index contributed by atoms with van der Waals surface area (Å²) in [6.07, 6.45) is 2.01. The molecule has 1 unspecified atom stereocenters. The van der Waals surface area contributed by atoms with Crippen molar-refractivity contribution in [1.82, 2.24) is 19.7 Å². The number of fused-ring (bicyclic) bond motifs is 1. The van der Waals surface area contributed by atoms with Crippen LogP contribution in [-0.4, -0.2) is 30.8 Å². The van der Waals surface area contributed by atoms with Gasteiger partial charge in [0.25, 0.3) is 5.56 Å². The number of aromatic amines is 2. The normalized spacial score (nSPS) is 13.1. The van der Waals surface area contributed by atoms with Gasteiger partial charge in [-0.3, -0.25) is 19.4 Å². The lowest BCUT2D eigenvalue weighted by Gasteiger charge is -2.08. The summed E-state index contributed by atoms with van der Waals surface area (Å²) in [5, 5.41) is 6.72. The topological polar surface area (TPSA) is 83.5 Å². The second-order valence-corrected chi connectivity index (χ2v) is 4.77. The van der Waals surface area contributed by atoms with Crippen LogP contribution in [0.5, 0.6) is 0 Å². The third-order valence-corrected chi connectivity index (χ3v) is 3.66. The Morgan fingerprint density at radius 1 is 1.47 bits per heavy atom. The summed E-state index contributed by atoms with van der Waals surface area (Å²) in [6.45, 7) is 0.323. The van der Waals surface area contributed by atoms with Crippen molar-refractivity contribution in [1.29, 1.82) is 0 Å². The summed E-state index contributed by atoms with van der Waals surface area (Å²) >= 11 is 8.37. The number of hydrogen-bond acceptors (Lipinski definition) is 5. The fourth-order valence-electron chi connectivity index (χ4n) is 1.53. The van der Waals surface area contributed by atoms with Crippen molar-refractivity contribution in [2.75, 3.05) is 5.75 Å². The molecule has 0 aliphatic carbocycles. The van der Waals surface area contributed by atoms with Crippen LogP contribution in [0.4, 0.5) is 0 Å². The minimum atomic E-state index is -0.438. The number of nitrogens with one attached hydrogen (secondary N) is 2. The van der Waals surface area contributed by atoms with Crippen LogP contribution >= 0.6 is 25.3 Å². The number of nitrogens with zero attached hydrogens (tertiary/aromatic N) is 2. The summed E-state index contributed by atoms with van der Waals surface area (Å²) in [5.74, 6) is 0.601. The van der Waals surface area contributed by atoms with Crippen molar-refractivity contribution < 1.29 is 0 Å². The Hall–Kier alpha value is -1.15. The van der Waals surface area contributed by atoms with Crippen LogP contribution in [0, 0.1) is 0 Å². The Morgan fingerprint density at radius 2 is 2.24 bits per heavy atom. The lowest BCUT2D eigenvalue weighted by Crippen LogP contribution is -2.35. The molecule has 0 amide bonds. The summed E-state index contributed by atoms with van der Waals surface area (Å²) in [5.41, 5.74) is -0.420. The fraction of sp³-hybridized carbons (Fsp3) is 0.444. The average Bonchev–Trinajstić information content (AvgIpc) is 2.76. The molecule has 2 N–H and O–H groups in total. The monoisotopic (exact) mass is 272 g/mol. The van der Waals surface area contributed by atoms with Crippen LogP contribution in [0.25, 0.3) is 11.0 Å². The van der Waals surface area contributed by atoms with Crippen molar-refractivity contribution in [3.05, 3.63) is 27.0 Å². The van der Waals surface area contributed by atoms with Gasteiger partial charge >= 0.3 is 5.69 Å². The van der Waals surface area contributed by atoms with Crippen LogP contribution in [-0.2, 0) is 6.54 Å². The molecule has 17 heavy (non-hydrogen) atoms. The van der Waals surface area contributed by atoms with Gasteiger partial charge in [-0.05, 0) is 6.42 Å².